The van der Waals surface area contributed by atoms with Crippen molar-refractivity contribution in [3.8, 4) is 0 Å². The molecule has 0 saturated heterocycles. The molecule has 0 radical (unpaired) electrons. The molecular weight excluding hydrogens is 937 g/mol. The van der Waals surface area contributed by atoms with Crippen molar-refractivity contribution in [3.05, 3.63) is 0 Å². The quantitative estimate of drug-likeness (QED) is 0.163. The van der Waals surface area contributed by atoms with Gasteiger partial charge in [0.15, 0.2) is 0 Å². The highest BCUT2D eigenvalue weighted by molar-refractivity contribution is 4.79. The Bertz CT molecular complexity index is 1030. The van der Waals surface area contributed by atoms with E-state index in [4.69, 9.17) is 0 Å². The fourth-order valence-electron chi connectivity index (χ4n) is 8.92. The van der Waals surface area contributed by atoms with Crippen LogP contribution in [0, 0.1) is 98.6 Å². The van der Waals surface area contributed by atoms with Gasteiger partial charge in [-0.25, -0.2) is 0 Å². The Morgan fingerprint density at radius 2 is 0.744 bits per heavy atom. The van der Waals surface area contributed by atoms with Crippen molar-refractivity contribution in [2.45, 2.75) is 409 Å². The van der Waals surface area contributed by atoms with E-state index in [2.05, 4.69) is 242 Å². The van der Waals surface area contributed by atoms with Gasteiger partial charge in [0.1, 0.15) is 0 Å². The number of hydrogen-bond donors (Lipinski definition) is 0. The predicted molar refractivity (Wildman–Crippen MR) is 374 cm³/mol. The van der Waals surface area contributed by atoms with Crippen LogP contribution in [0.3, 0.4) is 0 Å². The minimum absolute atomic E-state index is 0.500. The van der Waals surface area contributed by atoms with Crippen LogP contribution in [-0.2, 0) is 0 Å². The summed E-state index contributed by atoms with van der Waals surface area (Å²) >= 11 is 0. The zero-order chi connectivity index (χ0) is 62.9. The first-order valence-corrected chi connectivity index (χ1v) is 35.8. The second-order valence-corrected chi connectivity index (χ2v) is 31.6. The summed E-state index contributed by atoms with van der Waals surface area (Å²) in [4.78, 5) is 0. The van der Waals surface area contributed by atoms with Gasteiger partial charge in [-0.2, -0.15) is 0 Å². The number of hydrogen-bond acceptors (Lipinski definition) is 0. The van der Waals surface area contributed by atoms with Gasteiger partial charge in [0.2, 0.25) is 0 Å². The van der Waals surface area contributed by atoms with Gasteiger partial charge in [-0.1, -0.05) is 390 Å². The normalized spacial score (nSPS) is 21.7. The van der Waals surface area contributed by atoms with Gasteiger partial charge < -0.3 is 0 Å². The van der Waals surface area contributed by atoms with E-state index in [-0.39, 0.29) is 0 Å². The Hall–Kier alpha value is 0. The molecule has 0 nitrogen and oxygen atoms in total. The smallest absolute Gasteiger partial charge is 0.0352 e. The molecule has 482 valence electrons. The summed E-state index contributed by atoms with van der Waals surface area (Å²) in [6.07, 6.45) is 36.6. The summed E-state index contributed by atoms with van der Waals surface area (Å²) < 4.78 is 0. The van der Waals surface area contributed by atoms with Gasteiger partial charge in [-0.3, -0.25) is 0 Å². The molecule has 0 aliphatic heterocycles. The molecule has 0 amide bonds. The van der Waals surface area contributed by atoms with Crippen LogP contribution in [0.25, 0.3) is 0 Å². The van der Waals surface area contributed by atoms with Crippen molar-refractivity contribution in [2.24, 2.45) is 98.6 Å². The third-order valence-corrected chi connectivity index (χ3v) is 20.7. The molecule has 0 spiro atoms. The van der Waals surface area contributed by atoms with E-state index in [0.29, 0.717) is 21.7 Å². The molecule has 4 rings (SSSR count). The average Bonchev–Trinajstić information content (AvgIpc) is 4.08. The van der Waals surface area contributed by atoms with Gasteiger partial charge in [-0.15, -0.1) is 0 Å². The summed E-state index contributed by atoms with van der Waals surface area (Å²) in [5.41, 5.74) is 2.33. The van der Waals surface area contributed by atoms with Gasteiger partial charge >= 0.3 is 0 Å². The molecule has 0 bridgehead atoms. The third-order valence-electron chi connectivity index (χ3n) is 20.7. The molecule has 78 heavy (non-hydrogen) atoms. The molecule has 0 N–H and O–H groups in total. The Kier molecular flexibility index (Phi) is 66.0. The van der Waals surface area contributed by atoms with Crippen molar-refractivity contribution < 1.29 is 0 Å². The summed E-state index contributed by atoms with van der Waals surface area (Å²) in [6, 6.07) is 0. The van der Waals surface area contributed by atoms with Gasteiger partial charge in [-0.05, 0) is 118 Å². The lowest BCUT2D eigenvalue weighted by atomic mass is 9.84. The maximum absolute atomic E-state index is 2.37. The maximum Gasteiger partial charge on any atom is -0.0352 e. The van der Waals surface area contributed by atoms with Gasteiger partial charge in [0, 0.05) is 0 Å². The average molecular weight is 1110 g/mol. The third kappa shape index (κ3) is 68.5. The summed E-state index contributed by atoms with van der Waals surface area (Å²) in [5, 5.41) is 0. The molecule has 4 fully saturated rings. The van der Waals surface area contributed by atoms with Crippen LogP contribution in [-0.4, -0.2) is 0 Å². The molecule has 4 saturated carbocycles. The molecule has 0 heterocycles. The van der Waals surface area contributed by atoms with Crippen molar-refractivity contribution in [1.29, 1.82) is 0 Å². The Labute approximate surface area is 505 Å². The van der Waals surface area contributed by atoms with Crippen LogP contribution < -0.4 is 0 Å². The lowest BCUT2D eigenvalue weighted by Crippen LogP contribution is -2.12. The van der Waals surface area contributed by atoms with Crippen LogP contribution in [0.2, 0.25) is 0 Å². The fourth-order valence-corrected chi connectivity index (χ4v) is 8.92. The zero-order valence-electron chi connectivity index (χ0n) is 62.9. The van der Waals surface area contributed by atoms with E-state index in [0.717, 1.165) is 76.9 Å². The molecule has 8 atom stereocenters. The fraction of sp³-hybridized carbons (Fsp3) is 1.00. The molecule has 0 aromatic carbocycles. The minimum atomic E-state index is 0.500. The molecule has 8 unspecified atom stereocenters. The van der Waals surface area contributed by atoms with E-state index in [1.807, 2.05) is 0 Å². The molecule has 0 aromatic rings. The van der Waals surface area contributed by atoms with Crippen molar-refractivity contribution in [1.82, 2.24) is 0 Å². The first kappa shape index (κ1) is 91.7. The Morgan fingerprint density at radius 1 is 0.397 bits per heavy atom. The van der Waals surface area contributed by atoms with Crippen LogP contribution in [0.15, 0.2) is 0 Å². The van der Waals surface area contributed by atoms with E-state index in [9.17, 15) is 0 Å². The SMILES string of the molecule is CC(C)C(C)(C)C.CC1CCC(C)(C)C1.CC1CCC(C)C1.CC1CCCC1C.CC1CCCCC1.CCC(C)(C)CC.CCC(C)(C)CC.CCC(C)C(C)C.CCC(C)C(C)C.CCC(CC)CC.CCCC(C)CC. The lowest BCUT2D eigenvalue weighted by Gasteiger charge is -2.22. The highest BCUT2D eigenvalue weighted by atomic mass is 14.3. The molecule has 4 aliphatic carbocycles. The molecule has 0 heteroatoms. The van der Waals surface area contributed by atoms with Gasteiger partial charge in [0.05, 0.1) is 0 Å². The standard InChI is InChI=1S/C8H16.3C7H14.7C7H16/c1-7-4-5-8(2,3)6-7;1-6-3-4-7(2)5-6;1-6-4-3-5-7(6)2;1-7-5-3-2-4-6-7;1-6(2)7(3,4)5;2*1-5-7(3,4)6-2;2*1-5-7(4)6(2)3;1-4-6-7(3)5-2;1-4-7(5-2)6-3/h7H,4-6H2,1-3H3;2*6-7H,3-5H2,1-2H3;7H,2-6H2,1H3;6H,1-5H3;2*5-6H2,1-4H3;2*6-7H,5H2,1-4H3;2*7H,4-6H2,1-3H3. The minimum Gasteiger partial charge on any atom is -0.0654 e. The predicted octanol–water partition coefficient (Wildman–Crippen LogP) is 29.7. The lowest BCUT2D eigenvalue weighted by molar-refractivity contribution is 0.283. The Balaban J connectivity index is -0.000000142. The van der Waals surface area contributed by atoms with Crippen LogP contribution >= 0.6 is 0 Å². The van der Waals surface area contributed by atoms with Gasteiger partial charge in [0.25, 0.3) is 0 Å². The molecule has 4 aliphatic rings. The second-order valence-electron chi connectivity index (χ2n) is 31.6. The number of rotatable bonds is 14. The zero-order valence-corrected chi connectivity index (χ0v) is 62.9. The monoisotopic (exact) mass is 1110 g/mol. The summed E-state index contributed by atoms with van der Waals surface area (Å²) in [6.45, 7) is 80.1. The summed E-state index contributed by atoms with van der Waals surface area (Å²) in [5.74, 6) is 12.4. The highest BCUT2D eigenvalue weighted by Gasteiger charge is 2.27. The van der Waals surface area contributed by atoms with Crippen LogP contribution in [0.4, 0.5) is 0 Å². The van der Waals surface area contributed by atoms with E-state index in [1.165, 1.54) is 167 Å². The summed E-state index contributed by atoms with van der Waals surface area (Å²) in [7, 11) is 0. The van der Waals surface area contributed by atoms with E-state index >= 15 is 0 Å². The topological polar surface area (TPSA) is 0 Å². The molecule has 0 aromatic heterocycles. The van der Waals surface area contributed by atoms with Crippen LogP contribution in [0.1, 0.15) is 409 Å². The maximum atomic E-state index is 2.37. The first-order valence-electron chi connectivity index (χ1n) is 35.8. The van der Waals surface area contributed by atoms with Crippen molar-refractivity contribution >= 4 is 0 Å². The highest BCUT2D eigenvalue weighted by Crippen LogP contribution is 2.40. The largest absolute Gasteiger partial charge is 0.0654 e. The van der Waals surface area contributed by atoms with E-state index < -0.39 is 0 Å². The van der Waals surface area contributed by atoms with Crippen molar-refractivity contribution in [2.75, 3.05) is 0 Å². The second kappa shape index (κ2) is 56.1. The van der Waals surface area contributed by atoms with E-state index in [1.54, 1.807) is 0 Å². The first-order chi connectivity index (χ1) is 35.8. The Morgan fingerprint density at radius 3 is 0.821 bits per heavy atom. The van der Waals surface area contributed by atoms with Crippen LogP contribution in [0.5, 0.6) is 0 Å². The van der Waals surface area contributed by atoms with Crippen molar-refractivity contribution in [3.63, 3.8) is 0 Å². The molecular formula is C78H170.